The van der Waals surface area contributed by atoms with Crippen LogP contribution in [-0.2, 0) is 13.1 Å². The first-order valence-corrected chi connectivity index (χ1v) is 4.30. The minimum atomic E-state index is -0.912. The molecule has 1 aromatic rings. The summed E-state index contributed by atoms with van der Waals surface area (Å²) in [6.07, 6.45) is -0.912. The van der Waals surface area contributed by atoms with Crippen molar-refractivity contribution in [3.05, 3.63) is 5.82 Å². The molecule has 0 bridgehead atoms. The van der Waals surface area contributed by atoms with E-state index >= 15 is 0 Å². The molecule has 0 saturated carbocycles. The zero-order valence-corrected chi connectivity index (χ0v) is 7.77. The van der Waals surface area contributed by atoms with Gasteiger partial charge in [0.05, 0.1) is 6.54 Å². The van der Waals surface area contributed by atoms with Gasteiger partial charge in [-0.2, -0.15) is 0 Å². The van der Waals surface area contributed by atoms with Gasteiger partial charge >= 0.3 is 6.09 Å². The molecule has 2 rings (SSSR count). The highest BCUT2D eigenvalue weighted by molar-refractivity contribution is 5.65. The fraction of sp³-hybridized carbons (Fsp3) is 0.571. The maximum atomic E-state index is 10.7. The third kappa shape index (κ3) is 1.26. The van der Waals surface area contributed by atoms with E-state index in [9.17, 15) is 4.79 Å². The summed E-state index contributed by atoms with van der Waals surface area (Å²) < 4.78 is 1.89. The highest BCUT2D eigenvalue weighted by atomic mass is 16.4. The number of rotatable bonds is 1. The van der Waals surface area contributed by atoms with E-state index in [0.717, 1.165) is 0 Å². The monoisotopic (exact) mass is 197 g/mol. The van der Waals surface area contributed by atoms with Crippen LogP contribution in [0.5, 0.6) is 0 Å². The average molecular weight is 197 g/mol. The number of aromatic nitrogens is 3. The van der Waals surface area contributed by atoms with E-state index in [2.05, 4.69) is 15.5 Å². The van der Waals surface area contributed by atoms with Crippen LogP contribution in [0.15, 0.2) is 0 Å². The fourth-order valence-electron chi connectivity index (χ4n) is 1.51. The van der Waals surface area contributed by atoms with Crippen LogP contribution >= 0.6 is 0 Å². The molecule has 14 heavy (non-hydrogen) atoms. The van der Waals surface area contributed by atoms with Gasteiger partial charge in [0.1, 0.15) is 0 Å². The predicted molar refractivity (Wildman–Crippen MR) is 48.0 cm³/mol. The number of amides is 1. The molecule has 0 aromatic carbocycles. The Morgan fingerprint density at radius 3 is 2.93 bits per heavy atom. The molecule has 0 atom stereocenters. The molecule has 0 unspecified atom stereocenters. The normalized spacial score (nSPS) is 15.1. The van der Waals surface area contributed by atoms with E-state index in [0.29, 0.717) is 31.4 Å². The zero-order chi connectivity index (χ0) is 10.1. The Morgan fingerprint density at radius 1 is 1.50 bits per heavy atom. The standard InChI is InChI=1S/C7H11N5O2/c1-8-6-10-9-5-4-11(7(13)14)2-3-12(5)6/h2-4H2,1H3,(H,8,10)(H,13,14). The molecular weight excluding hydrogens is 186 g/mol. The van der Waals surface area contributed by atoms with Crippen LogP contribution in [0, 0.1) is 0 Å². The van der Waals surface area contributed by atoms with Gasteiger partial charge in [0.15, 0.2) is 5.82 Å². The maximum absolute atomic E-state index is 10.7. The van der Waals surface area contributed by atoms with Crippen LogP contribution in [0.2, 0.25) is 0 Å². The van der Waals surface area contributed by atoms with Crippen molar-refractivity contribution in [3.8, 4) is 0 Å². The van der Waals surface area contributed by atoms with Crippen molar-refractivity contribution < 1.29 is 9.90 Å². The number of anilines is 1. The fourth-order valence-corrected chi connectivity index (χ4v) is 1.51. The van der Waals surface area contributed by atoms with Crippen LogP contribution in [-0.4, -0.2) is 44.5 Å². The van der Waals surface area contributed by atoms with Crippen LogP contribution in [0.3, 0.4) is 0 Å². The quantitative estimate of drug-likeness (QED) is 0.652. The Hall–Kier alpha value is -1.79. The first kappa shape index (κ1) is 8.79. The summed E-state index contributed by atoms with van der Waals surface area (Å²) in [7, 11) is 1.76. The number of fused-ring (bicyclic) bond motifs is 1. The van der Waals surface area contributed by atoms with Crippen LogP contribution in [0.4, 0.5) is 10.7 Å². The van der Waals surface area contributed by atoms with Gasteiger partial charge in [0.25, 0.3) is 0 Å². The number of carbonyl (C=O) groups is 1. The second-order valence-electron chi connectivity index (χ2n) is 3.05. The topological polar surface area (TPSA) is 83.3 Å². The number of hydrogen-bond donors (Lipinski definition) is 2. The molecule has 2 N–H and O–H groups in total. The highest BCUT2D eigenvalue weighted by Crippen LogP contribution is 2.14. The van der Waals surface area contributed by atoms with Gasteiger partial charge in [0.2, 0.25) is 5.95 Å². The summed E-state index contributed by atoms with van der Waals surface area (Å²) >= 11 is 0. The van der Waals surface area contributed by atoms with Crippen molar-refractivity contribution in [1.29, 1.82) is 0 Å². The average Bonchev–Trinajstić information content (AvgIpc) is 2.59. The largest absolute Gasteiger partial charge is 0.465 e. The molecule has 0 fully saturated rings. The van der Waals surface area contributed by atoms with Gasteiger partial charge in [-0.15, -0.1) is 10.2 Å². The van der Waals surface area contributed by atoms with Crippen molar-refractivity contribution in [3.63, 3.8) is 0 Å². The molecular formula is C7H11N5O2. The second kappa shape index (κ2) is 3.17. The molecule has 0 aliphatic carbocycles. The van der Waals surface area contributed by atoms with Crippen molar-refractivity contribution in [2.75, 3.05) is 18.9 Å². The molecule has 1 aliphatic heterocycles. The molecule has 0 saturated heterocycles. The second-order valence-corrected chi connectivity index (χ2v) is 3.05. The Labute approximate surface area is 80.3 Å². The van der Waals surface area contributed by atoms with Gasteiger partial charge in [0, 0.05) is 20.1 Å². The van der Waals surface area contributed by atoms with E-state index in [4.69, 9.17) is 5.11 Å². The molecule has 7 nitrogen and oxygen atoms in total. The SMILES string of the molecule is CNc1nnc2n1CCN(C(=O)O)C2. The van der Waals surface area contributed by atoms with E-state index in [1.165, 1.54) is 4.90 Å². The lowest BCUT2D eigenvalue weighted by atomic mass is 10.4. The van der Waals surface area contributed by atoms with Gasteiger partial charge in [-0.1, -0.05) is 0 Å². The molecule has 76 valence electrons. The first-order chi connectivity index (χ1) is 6.72. The van der Waals surface area contributed by atoms with Crippen LogP contribution < -0.4 is 5.32 Å². The lowest BCUT2D eigenvalue weighted by Crippen LogP contribution is -2.37. The number of hydrogen-bond acceptors (Lipinski definition) is 4. The van der Waals surface area contributed by atoms with E-state index in [1.807, 2.05) is 4.57 Å². The minimum Gasteiger partial charge on any atom is -0.465 e. The summed E-state index contributed by atoms with van der Waals surface area (Å²) in [5.74, 6) is 1.37. The lowest BCUT2D eigenvalue weighted by molar-refractivity contribution is 0.132. The predicted octanol–water partition coefficient (Wildman–Crippen LogP) is -0.187. The third-order valence-electron chi connectivity index (χ3n) is 2.25. The molecule has 1 aliphatic rings. The van der Waals surface area contributed by atoms with Gasteiger partial charge in [-0.3, -0.25) is 9.47 Å². The highest BCUT2D eigenvalue weighted by Gasteiger charge is 2.23. The van der Waals surface area contributed by atoms with Crippen molar-refractivity contribution in [2.24, 2.45) is 0 Å². The molecule has 1 amide bonds. The Kier molecular flexibility index (Phi) is 1.99. The third-order valence-corrected chi connectivity index (χ3v) is 2.25. The number of nitrogens with one attached hydrogen (secondary N) is 1. The van der Waals surface area contributed by atoms with Gasteiger partial charge < -0.3 is 10.4 Å². The Bertz CT molecular complexity index is 361. The van der Waals surface area contributed by atoms with Crippen molar-refractivity contribution >= 4 is 12.0 Å². The van der Waals surface area contributed by atoms with Gasteiger partial charge in [-0.05, 0) is 0 Å². The zero-order valence-electron chi connectivity index (χ0n) is 7.77. The van der Waals surface area contributed by atoms with Crippen molar-refractivity contribution in [2.45, 2.75) is 13.1 Å². The Balaban J connectivity index is 2.24. The smallest absolute Gasteiger partial charge is 0.407 e. The summed E-state index contributed by atoms with van der Waals surface area (Å²) in [4.78, 5) is 12.0. The van der Waals surface area contributed by atoms with E-state index in [-0.39, 0.29) is 0 Å². The maximum Gasteiger partial charge on any atom is 0.407 e. The van der Waals surface area contributed by atoms with Crippen LogP contribution in [0.1, 0.15) is 5.82 Å². The minimum absolute atomic E-state index is 0.310. The molecule has 0 radical (unpaired) electrons. The van der Waals surface area contributed by atoms with Crippen molar-refractivity contribution in [1.82, 2.24) is 19.7 Å². The molecule has 0 spiro atoms. The molecule has 2 heterocycles. The summed E-state index contributed by atoms with van der Waals surface area (Å²) in [6, 6.07) is 0. The number of nitrogens with zero attached hydrogens (tertiary/aromatic N) is 4. The van der Waals surface area contributed by atoms with E-state index < -0.39 is 6.09 Å². The van der Waals surface area contributed by atoms with Gasteiger partial charge in [-0.25, -0.2) is 4.79 Å². The number of carboxylic acid groups (broad SMARTS) is 1. The summed E-state index contributed by atoms with van der Waals surface area (Å²) in [5, 5.41) is 19.5. The first-order valence-electron chi connectivity index (χ1n) is 4.30. The summed E-state index contributed by atoms with van der Waals surface area (Å²) in [6.45, 7) is 1.39. The molecule has 1 aromatic heterocycles. The van der Waals surface area contributed by atoms with E-state index in [1.54, 1.807) is 7.05 Å². The summed E-state index contributed by atoms with van der Waals surface area (Å²) in [5.41, 5.74) is 0. The molecule has 7 heteroatoms. The van der Waals surface area contributed by atoms with Crippen LogP contribution in [0.25, 0.3) is 0 Å². The Morgan fingerprint density at radius 2 is 2.29 bits per heavy atom. The lowest BCUT2D eigenvalue weighted by Gasteiger charge is -2.24.